The highest BCUT2D eigenvalue weighted by Crippen LogP contribution is 2.21. The number of halogens is 1. The lowest BCUT2D eigenvalue weighted by molar-refractivity contribution is -0.118. The maximum Gasteiger partial charge on any atom is 0.217 e. The summed E-state index contributed by atoms with van der Waals surface area (Å²) in [5.41, 5.74) is 12.3. The fourth-order valence-corrected chi connectivity index (χ4v) is 1.87. The number of unbranched alkanes of at least 4 members (excludes halogenated alkanes) is 1. The van der Waals surface area contributed by atoms with Crippen molar-refractivity contribution in [1.82, 2.24) is 0 Å². The number of nitrogens with one attached hydrogen (secondary N) is 1. The fraction of sp³-hybridized carbons (Fsp3) is 0.333. The minimum atomic E-state index is -0.276. The van der Waals surface area contributed by atoms with Crippen molar-refractivity contribution >= 4 is 40.4 Å². The molecule has 0 bridgehead atoms. The van der Waals surface area contributed by atoms with Gasteiger partial charge in [-0.1, -0.05) is 23.8 Å². The van der Waals surface area contributed by atoms with E-state index in [9.17, 15) is 4.79 Å². The largest absolute Gasteiger partial charge is 0.389 e. The first-order chi connectivity index (χ1) is 8.50. The van der Waals surface area contributed by atoms with E-state index in [1.165, 1.54) is 0 Å². The van der Waals surface area contributed by atoms with Gasteiger partial charge in [-0.2, -0.15) is 0 Å². The van der Waals surface area contributed by atoms with Crippen LogP contribution in [0.4, 0.5) is 5.69 Å². The molecule has 18 heavy (non-hydrogen) atoms. The number of primary amides is 1. The third-order valence-corrected chi connectivity index (χ3v) is 2.87. The number of thiocarbonyl (C=S) groups is 1. The first kappa shape index (κ1) is 14.7. The Balaban J connectivity index is 2.53. The van der Waals surface area contributed by atoms with Crippen molar-refractivity contribution in [2.45, 2.75) is 19.3 Å². The van der Waals surface area contributed by atoms with Gasteiger partial charge >= 0.3 is 0 Å². The molecule has 0 aliphatic heterocycles. The predicted octanol–water partition coefficient (Wildman–Crippen LogP) is 2.04. The molecule has 0 unspecified atom stereocenters. The van der Waals surface area contributed by atoms with E-state index in [0.717, 1.165) is 24.1 Å². The third-order valence-electron chi connectivity index (χ3n) is 2.41. The average Bonchev–Trinajstić information content (AvgIpc) is 2.27. The number of benzene rings is 1. The molecule has 0 radical (unpaired) electrons. The average molecular weight is 286 g/mol. The number of amides is 1. The lowest BCUT2D eigenvalue weighted by atomic mass is 10.1. The molecule has 98 valence electrons. The molecular formula is C12H16ClN3OS. The Labute approximate surface area is 117 Å². The first-order valence-electron chi connectivity index (χ1n) is 5.62. The summed E-state index contributed by atoms with van der Waals surface area (Å²) in [5, 5.41) is 3.83. The van der Waals surface area contributed by atoms with Crippen LogP contribution in [0.3, 0.4) is 0 Å². The highest BCUT2D eigenvalue weighted by molar-refractivity contribution is 7.80. The van der Waals surface area contributed by atoms with E-state index in [2.05, 4.69) is 5.32 Å². The molecule has 4 nitrogen and oxygen atoms in total. The van der Waals surface area contributed by atoms with Gasteiger partial charge < -0.3 is 16.8 Å². The number of hydrogen-bond donors (Lipinski definition) is 3. The van der Waals surface area contributed by atoms with E-state index in [1.54, 1.807) is 18.2 Å². The lowest BCUT2D eigenvalue weighted by Crippen LogP contribution is -2.14. The van der Waals surface area contributed by atoms with Crippen molar-refractivity contribution < 1.29 is 4.79 Å². The number of rotatable bonds is 7. The van der Waals surface area contributed by atoms with Crippen LogP contribution < -0.4 is 16.8 Å². The molecule has 0 fully saturated rings. The fourth-order valence-electron chi connectivity index (χ4n) is 1.52. The number of hydrogen-bond acceptors (Lipinski definition) is 3. The Hall–Kier alpha value is -1.33. The van der Waals surface area contributed by atoms with Gasteiger partial charge in [0.15, 0.2) is 0 Å². The molecule has 1 aromatic rings. The molecule has 0 aliphatic rings. The van der Waals surface area contributed by atoms with Crippen LogP contribution >= 0.6 is 23.8 Å². The standard InChI is InChI=1S/C12H16ClN3OS/c13-8-4-5-9(12(15)18)10(7-8)16-6-2-1-3-11(14)17/h4-5,7,16H,1-3,6H2,(H2,14,17)(H2,15,18). The Bertz CT molecular complexity index is 451. The van der Waals surface area contributed by atoms with Crippen LogP contribution in [0.1, 0.15) is 24.8 Å². The minimum absolute atomic E-state index is 0.276. The first-order valence-corrected chi connectivity index (χ1v) is 6.41. The van der Waals surface area contributed by atoms with Crippen molar-refractivity contribution in [3.63, 3.8) is 0 Å². The molecule has 0 spiro atoms. The van der Waals surface area contributed by atoms with Crippen molar-refractivity contribution in [1.29, 1.82) is 0 Å². The summed E-state index contributed by atoms with van der Waals surface area (Å²) >= 11 is 10.9. The summed E-state index contributed by atoms with van der Waals surface area (Å²) < 4.78 is 0. The summed E-state index contributed by atoms with van der Waals surface area (Å²) in [6, 6.07) is 5.31. The van der Waals surface area contributed by atoms with Crippen LogP contribution in [0.15, 0.2) is 18.2 Å². The van der Waals surface area contributed by atoms with Crippen LogP contribution in [0.25, 0.3) is 0 Å². The maximum atomic E-state index is 10.6. The Morgan fingerprint density at radius 1 is 1.33 bits per heavy atom. The number of anilines is 1. The molecule has 1 rings (SSSR count). The second kappa shape index (κ2) is 7.18. The molecule has 0 aliphatic carbocycles. The van der Waals surface area contributed by atoms with Crippen LogP contribution in [-0.2, 0) is 4.79 Å². The van der Waals surface area contributed by atoms with Gasteiger partial charge in [-0.05, 0) is 31.0 Å². The zero-order valence-corrected chi connectivity index (χ0v) is 11.5. The van der Waals surface area contributed by atoms with E-state index in [0.29, 0.717) is 23.0 Å². The van der Waals surface area contributed by atoms with E-state index < -0.39 is 0 Å². The smallest absolute Gasteiger partial charge is 0.217 e. The van der Waals surface area contributed by atoms with Crippen molar-refractivity contribution in [2.24, 2.45) is 11.5 Å². The molecule has 5 N–H and O–H groups in total. The Morgan fingerprint density at radius 2 is 2.06 bits per heavy atom. The maximum absolute atomic E-state index is 10.6. The zero-order chi connectivity index (χ0) is 13.5. The molecule has 1 amide bonds. The van der Waals surface area contributed by atoms with Gasteiger partial charge in [0.25, 0.3) is 0 Å². The third kappa shape index (κ3) is 4.89. The van der Waals surface area contributed by atoms with Crippen molar-refractivity contribution in [3.05, 3.63) is 28.8 Å². The topological polar surface area (TPSA) is 81.1 Å². The highest BCUT2D eigenvalue weighted by atomic mass is 35.5. The normalized spacial score (nSPS) is 10.1. The van der Waals surface area contributed by atoms with E-state index >= 15 is 0 Å². The van der Waals surface area contributed by atoms with Gasteiger partial charge in [0.1, 0.15) is 4.99 Å². The lowest BCUT2D eigenvalue weighted by Gasteiger charge is -2.11. The van der Waals surface area contributed by atoms with E-state index in [1.807, 2.05) is 0 Å². The highest BCUT2D eigenvalue weighted by Gasteiger charge is 2.05. The molecule has 6 heteroatoms. The molecule has 0 atom stereocenters. The van der Waals surface area contributed by atoms with Crippen LogP contribution in [0, 0.1) is 0 Å². The number of carbonyl (C=O) groups excluding carboxylic acids is 1. The van der Waals surface area contributed by atoms with Gasteiger partial charge in [0, 0.05) is 29.2 Å². The van der Waals surface area contributed by atoms with Crippen LogP contribution in [0.5, 0.6) is 0 Å². The summed E-state index contributed by atoms with van der Waals surface area (Å²) in [7, 11) is 0. The minimum Gasteiger partial charge on any atom is -0.389 e. The van der Waals surface area contributed by atoms with Gasteiger partial charge in [-0.15, -0.1) is 0 Å². The molecule has 0 saturated carbocycles. The Kier molecular flexibility index (Phi) is 5.88. The second-order valence-corrected chi connectivity index (χ2v) is 4.78. The monoisotopic (exact) mass is 285 g/mol. The quantitative estimate of drug-likeness (QED) is 0.529. The summed E-state index contributed by atoms with van der Waals surface area (Å²) in [6.45, 7) is 0.712. The van der Waals surface area contributed by atoms with Gasteiger partial charge in [-0.3, -0.25) is 4.79 Å². The molecular weight excluding hydrogens is 270 g/mol. The summed E-state index contributed by atoms with van der Waals surface area (Å²) in [5.74, 6) is -0.276. The molecule has 0 aromatic heterocycles. The van der Waals surface area contributed by atoms with Gasteiger partial charge in [-0.25, -0.2) is 0 Å². The van der Waals surface area contributed by atoms with Crippen LogP contribution in [0.2, 0.25) is 5.02 Å². The van der Waals surface area contributed by atoms with E-state index in [4.69, 9.17) is 35.3 Å². The van der Waals surface area contributed by atoms with Gasteiger partial charge in [0.05, 0.1) is 0 Å². The number of nitrogens with two attached hydrogens (primary N) is 2. The zero-order valence-electron chi connectivity index (χ0n) is 9.91. The van der Waals surface area contributed by atoms with Gasteiger partial charge in [0.2, 0.25) is 5.91 Å². The number of carbonyl (C=O) groups is 1. The summed E-state index contributed by atoms with van der Waals surface area (Å²) in [6.07, 6.45) is 2.00. The molecule has 0 heterocycles. The van der Waals surface area contributed by atoms with Crippen LogP contribution in [-0.4, -0.2) is 17.4 Å². The molecule has 1 aromatic carbocycles. The van der Waals surface area contributed by atoms with Crippen molar-refractivity contribution in [3.8, 4) is 0 Å². The van der Waals surface area contributed by atoms with Crippen molar-refractivity contribution in [2.75, 3.05) is 11.9 Å². The SMILES string of the molecule is NC(=O)CCCCNc1cc(Cl)ccc1C(N)=S. The second-order valence-electron chi connectivity index (χ2n) is 3.90. The van der Waals surface area contributed by atoms with E-state index in [-0.39, 0.29) is 5.91 Å². The Morgan fingerprint density at radius 3 is 2.67 bits per heavy atom. The summed E-state index contributed by atoms with van der Waals surface area (Å²) in [4.78, 5) is 10.9. The molecule has 0 saturated heterocycles. The predicted molar refractivity (Wildman–Crippen MR) is 78.9 cm³/mol.